The highest BCUT2D eigenvalue weighted by molar-refractivity contribution is 5.94. The number of rotatable bonds is 4. The second kappa shape index (κ2) is 7.26. The number of carbonyl (C=O) groups excluding carboxylic acids is 2. The van der Waals surface area contributed by atoms with E-state index in [-0.39, 0.29) is 18.0 Å². The zero-order valence-electron chi connectivity index (χ0n) is 16.9. The number of ether oxygens (including phenoxy) is 1. The molecule has 4 rings (SSSR count). The van der Waals surface area contributed by atoms with Crippen molar-refractivity contribution in [1.29, 1.82) is 0 Å². The first kappa shape index (κ1) is 19.0. The molecule has 1 aromatic heterocycles. The van der Waals surface area contributed by atoms with E-state index in [4.69, 9.17) is 4.74 Å². The number of anilines is 1. The molecule has 2 unspecified atom stereocenters. The number of fused-ring (bicyclic) bond motifs is 2. The molecule has 2 N–H and O–H groups in total. The van der Waals surface area contributed by atoms with Crippen molar-refractivity contribution in [3.63, 3.8) is 0 Å². The van der Waals surface area contributed by atoms with Crippen LogP contribution in [0.1, 0.15) is 69.7 Å². The van der Waals surface area contributed by atoms with Gasteiger partial charge in [0.2, 0.25) is 0 Å². The maximum absolute atomic E-state index is 12.2. The van der Waals surface area contributed by atoms with Crippen LogP contribution in [0.5, 0.6) is 0 Å². The van der Waals surface area contributed by atoms with E-state index in [0.29, 0.717) is 23.7 Å². The van der Waals surface area contributed by atoms with Crippen LogP contribution in [-0.4, -0.2) is 46.8 Å². The number of nitrogens with zero attached hydrogens (tertiary/aromatic N) is 2. The van der Waals surface area contributed by atoms with Gasteiger partial charge in [0.15, 0.2) is 0 Å². The molecule has 1 saturated carbocycles. The molecular weight excluding hydrogens is 356 g/mol. The molecule has 3 aliphatic rings. The van der Waals surface area contributed by atoms with E-state index in [0.717, 1.165) is 44.3 Å². The molecule has 1 aromatic rings. The van der Waals surface area contributed by atoms with Gasteiger partial charge in [-0.25, -0.2) is 9.78 Å². The third kappa shape index (κ3) is 4.39. The highest BCUT2D eigenvalue weighted by Crippen LogP contribution is 2.38. The van der Waals surface area contributed by atoms with E-state index in [1.807, 2.05) is 32.9 Å². The summed E-state index contributed by atoms with van der Waals surface area (Å²) in [6.07, 6.45) is 7.47. The fourth-order valence-corrected chi connectivity index (χ4v) is 4.31. The van der Waals surface area contributed by atoms with E-state index in [2.05, 4.69) is 20.5 Å². The fourth-order valence-electron chi connectivity index (χ4n) is 4.31. The Kier molecular flexibility index (Phi) is 4.93. The molecule has 7 heteroatoms. The minimum atomic E-state index is -0.485. The molecule has 0 radical (unpaired) electrons. The molecule has 2 saturated heterocycles. The van der Waals surface area contributed by atoms with Crippen LogP contribution in [0.25, 0.3) is 0 Å². The maximum Gasteiger partial charge on any atom is 0.407 e. The topological polar surface area (TPSA) is 83.6 Å². The summed E-state index contributed by atoms with van der Waals surface area (Å²) >= 11 is 0. The average Bonchev–Trinajstić information content (AvgIpc) is 3.37. The summed E-state index contributed by atoms with van der Waals surface area (Å²) in [6, 6.07) is 5.01. The summed E-state index contributed by atoms with van der Waals surface area (Å²) in [5.74, 6) is 0.885. The van der Waals surface area contributed by atoms with Crippen molar-refractivity contribution in [2.75, 3.05) is 4.90 Å². The Morgan fingerprint density at radius 1 is 1.04 bits per heavy atom. The van der Waals surface area contributed by atoms with Crippen molar-refractivity contribution in [1.82, 2.24) is 15.6 Å². The molecule has 2 aliphatic heterocycles. The maximum atomic E-state index is 12.2. The second-order valence-electron chi connectivity index (χ2n) is 9.26. The average molecular weight is 386 g/mol. The van der Waals surface area contributed by atoms with Gasteiger partial charge in [-0.3, -0.25) is 4.79 Å². The van der Waals surface area contributed by atoms with Crippen molar-refractivity contribution >= 4 is 17.8 Å². The fraction of sp³-hybridized carbons (Fsp3) is 0.667. The van der Waals surface area contributed by atoms with Crippen molar-refractivity contribution < 1.29 is 14.3 Å². The van der Waals surface area contributed by atoms with Gasteiger partial charge in [-0.2, -0.15) is 0 Å². The number of aromatic nitrogens is 1. The van der Waals surface area contributed by atoms with Crippen LogP contribution in [0.3, 0.4) is 0 Å². The van der Waals surface area contributed by atoms with Crippen LogP contribution in [0, 0.1) is 0 Å². The molecular formula is C21H30N4O3. The quantitative estimate of drug-likeness (QED) is 0.831. The molecule has 7 nitrogen and oxygen atoms in total. The highest BCUT2D eigenvalue weighted by atomic mass is 16.6. The van der Waals surface area contributed by atoms with Crippen LogP contribution in [0.15, 0.2) is 18.3 Å². The van der Waals surface area contributed by atoms with Crippen LogP contribution in [0.4, 0.5) is 10.6 Å². The van der Waals surface area contributed by atoms with Gasteiger partial charge in [0.05, 0.1) is 5.56 Å². The van der Waals surface area contributed by atoms with E-state index in [1.54, 1.807) is 6.20 Å². The zero-order chi connectivity index (χ0) is 19.9. The third-order valence-electron chi connectivity index (χ3n) is 5.64. The van der Waals surface area contributed by atoms with Crippen LogP contribution in [0.2, 0.25) is 0 Å². The summed E-state index contributed by atoms with van der Waals surface area (Å²) in [6.45, 7) is 5.62. The Labute approximate surface area is 166 Å². The van der Waals surface area contributed by atoms with Crippen molar-refractivity contribution in [2.24, 2.45) is 0 Å². The minimum Gasteiger partial charge on any atom is -0.444 e. The molecule has 1 aliphatic carbocycles. The number of hydrogen-bond donors (Lipinski definition) is 2. The van der Waals surface area contributed by atoms with E-state index in [9.17, 15) is 9.59 Å². The lowest BCUT2D eigenvalue weighted by atomic mass is 9.97. The summed E-state index contributed by atoms with van der Waals surface area (Å²) in [5, 5.41) is 6.03. The van der Waals surface area contributed by atoms with Crippen LogP contribution >= 0.6 is 0 Å². The van der Waals surface area contributed by atoms with Gasteiger partial charge in [0.25, 0.3) is 5.91 Å². The molecule has 152 valence electrons. The van der Waals surface area contributed by atoms with Gasteiger partial charge in [0.1, 0.15) is 11.4 Å². The number of pyridine rings is 1. The standard InChI is InChI=1S/C21H30N4O3/c1-21(2,3)28-20(27)24-15-10-16-7-8-17(11-15)25(16)18-9-4-13(12-22-18)19(26)23-14-5-6-14/h4,9,12,14-17H,5-8,10-11H2,1-3H3,(H,23,26)(H,24,27). The van der Waals surface area contributed by atoms with Gasteiger partial charge < -0.3 is 20.3 Å². The molecule has 0 aromatic carbocycles. The number of carbonyl (C=O) groups is 2. The summed E-state index contributed by atoms with van der Waals surface area (Å²) in [4.78, 5) is 31.2. The van der Waals surface area contributed by atoms with Crippen LogP contribution in [-0.2, 0) is 4.74 Å². The van der Waals surface area contributed by atoms with E-state index >= 15 is 0 Å². The largest absolute Gasteiger partial charge is 0.444 e. The first-order valence-corrected chi connectivity index (χ1v) is 10.3. The number of nitrogens with one attached hydrogen (secondary N) is 2. The van der Waals surface area contributed by atoms with Gasteiger partial charge in [-0.1, -0.05) is 0 Å². The molecule has 2 bridgehead atoms. The molecule has 2 atom stereocenters. The van der Waals surface area contributed by atoms with Gasteiger partial charge >= 0.3 is 6.09 Å². The third-order valence-corrected chi connectivity index (χ3v) is 5.64. The number of amides is 2. The summed E-state index contributed by atoms with van der Waals surface area (Å²) < 4.78 is 5.40. The molecule has 3 fully saturated rings. The molecule has 2 amide bonds. The van der Waals surface area contributed by atoms with Gasteiger partial charge in [-0.15, -0.1) is 0 Å². The lowest BCUT2D eigenvalue weighted by Crippen LogP contribution is -2.51. The Hall–Kier alpha value is -2.31. The lowest BCUT2D eigenvalue weighted by Gasteiger charge is -2.40. The number of piperidine rings is 1. The smallest absolute Gasteiger partial charge is 0.407 e. The Morgan fingerprint density at radius 2 is 1.71 bits per heavy atom. The second-order valence-corrected chi connectivity index (χ2v) is 9.26. The van der Waals surface area contributed by atoms with Crippen molar-refractivity contribution in [3.8, 4) is 0 Å². The molecule has 28 heavy (non-hydrogen) atoms. The van der Waals surface area contributed by atoms with Crippen molar-refractivity contribution in [3.05, 3.63) is 23.9 Å². The van der Waals surface area contributed by atoms with E-state index < -0.39 is 5.60 Å². The summed E-state index contributed by atoms with van der Waals surface area (Å²) in [7, 11) is 0. The number of alkyl carbamates (subject to hydrolysis) is 1. The SMILES string of the molecule is CC(C)(C)OC(=O)NC1CC2CCC(C1)N2c1ccc(C(=O)NC2CC2)cn1. The first-order valence-electron chi connectivity index (χ1n) is 10.3. The Balaban J connectivity index is 1.37. The van der Waals surface area contributed by atoms with Crippen molar-refractivity contribution in [2.45, 2.75) is 89.1 Å². The van der Waals surface area contributed by atoms with E-state index in [1.165, 1.54) is 0 Å². The first-order chi connectivity index (χ1) is 13.3. The molecule has 3 heterocycles. The predicted molar refractivity (Wildman–Crippen MR) is 106 cm³/mol. The van der Waals surface area contributed by atoms with Crippen LogP contribution < -0.4 is 15.5 Å². The van der Waals surface area contributed by atoms with Gasteiger partial charge in [-0.05, 0) is 71.4 Å². The summed E-state index contributed by atoms with van der Waals surface area (Å²) in [5.41, 5.74) is 0.130. The predicted octanol–water partition coefficient (Wildman–Crippen LogP) is 3.00. The van der Waals surface area contributed by atoms with Gasteiger partial charge in [0, 0.05) is 30.4 Å². The number of hydrogen-bond acceptors (Lipinski definition) is 5. The highest BCUT2D eigenvalue weighted by Gasteiger charge is 2.42. The normalized spacial score (nSPS) is 26.7. The Bertz CT molecular complexity index is 725. The molecule has 0 spiro atoms. The lowest BCUT2D eigenvalue weighted by molar-refractivity contribution is 0.0492. The zero-order valence-corrected chi connectivity index (χ0v) is 16.9. The minimum absolute atomic E-state index is 0.0372. The monoisotopic (exact) mass is 386 g/mol. The Morgan fingerprint density at radius 3 is 2.25 bits per heavy atom.